The molecule has 0 aliphatic rings. The Bertz CT molecular complexity index is 370. The number of hydrogen-bond donors (Lipinski definition) is 1. The van der Waals surface area contributed by atoms with Crippen molar-refractivity contribution in [2.45, 2.75) is 26.8 Å². The van der Waals surface area contributed by atoms with Gasteiger partial charge in [0.1, 0.15) is 6.04 Å². The molecular weight excluding hydrogens is 196 g/mol. The lowest BCUT2D eigenvalue weighted by atomic mass is 10.2. The number of thiophene rings is 1. The molecule has 3 nitrogen and oxygen atoms in total. The van der Waals surface area contributed by atoms with E-state index in [1.807, 2.05) is 26.0 Å². The normalized spacial score (nSPS) is 11.9. The number of carbonyl (C=O) groups is 1. The van der Waals surface area contributed by atoms with E-state index in [2.05, 4.69) is 5.32 Å². The van der Waals surface area contributed by atoms with Gasteiger partial charge in [0.2, 0.25) is 0 Å². The number of amides is 1. The second kappa shape index (κ2) is 4.25. The predicted molar refractivity (Wildman–Crippen MR) is 56.3 cm³/mol. The van der Waals surface area contributed by atoms with E-state index in [1.165, 1.54) is 11.3 Å². The largest absolute Gasteiger partial charge is 0.336 e. The summed E-state index contributed by atoms with van der Waals surface area (Å²) in [5.41, 5.74) is 1.12. The average Bonchev–Trinajstić information content (AvgIpc) is 2.47. The van der Waals surface area contributed by atoms with Crippen LogP contribution in [-0.4, -0.2) is 11.9 Å². The lowest BCUT2D eigenvalue weighted by Gasteiger charge is -2.03. The van der Waals surface area contributed by atoms with Crippen LogP contribution in [0.15, 0.2) is 6.07 Å². The number of aryl methyl sites for hydroxylation is 2. The maximum absolute atomic E-state index is 11.5. The van der Waals surface area contributed by atoms with Gasteiger partial charge in [0.25, 0.3) is 5.91 Å². The molecule has 1 amide bonds. The van der Waals surface area contributed by atoms with Crippen LogP contribution < -0.4 is 5.32 Å². The molecule has 14 heavy (non-hydrogen) atoms. The van der Waals surface area contributed by atoms with Gasteiger partial charge in [-0.3, -0.25) is 4.79 Å². The van der Waals surface area contributed by atoms with Gasteiger partial charge in [-0.15, -0.1) is 11.3 Å². The highest BCUT2D eigenvalue weighted by molar-refractivity contribution is 7.14. The molecular formula is C10H12N2OS. The zero-order chi connectivity index (χ0) is 10.7. The minimum atomic E-state index is -0.440. The molecule has 1 N–H and O–H groups in total. The molecule has 0 radical (unpaired) electrons. The third-order valence-corrected chi connectivity index (χ3v) is 3.08. The van der Waals surface area contributed by atoms with Gasteiger partial charge in [0.15, 0.2) is 0 Å². The maximum atomic E-state index is 11.5. The number of hydrogen-bond acceptors (Lipinski definition) is 3. The van der Waals surface area contributed by atoms with Crippen LogP contribution in [0, 0.1) is 25.2 Å². The number of nitriles is 1. The standard InChI is InChI=1S/C10H12N2OS/c1-6-4-9(14-8(6)3)10(13)12-7(2)5-11/h4,7H,1-3H3,(H,12,13). The van der Waals surface area contributed by atoms with E-state index < -0.39 is 6.04 Å². The molecule has 0 aliphatic carbocycles. The smallest absolute Gasteiger partial charge is 0.262 e. The summed E-state index contributed by atoms with van der Waals surface area (Å²) >= 11 is 1.45. The third-order valence-electron chi connectivity index (χ3n) is 1.93. The average molecular weight is 208 g/mol. The van der Waals surface area contributed by atoms with E-state index in [0.29, 0.717) is 4.88 Å². The van der Waals surface area contributed by atoms with E-state index in [9.17, 15) is 4.79 Å². The van der Waals surface area contributed by atoms with E-state index in [4.69, 9.17) is 5.26 Å². The summed E-state index contributed by atoms with van der Waals surface area (Å²) in [6.07, 6.45) is 0. The molecule has 1 unspecified atom stereocenters. The first-order valence-electron chi connectivity index (χ1n) is 4.32. The van der Waals surface area contributed by atoms with E-state index in [0.717, 1.165) is 10.4 Å². The highest BCUT2D eigenvalue weighted by Crippen LogP contribution is 2.20. The number of rotatable bonds is 2. The Morgan fingerprint density at radius 1 is 1.64 bits per heavy atom. The van der Waals surface area contributed by atoms with Gasteiger partial charge in [-0.25, -0.2) is 0 Å². The van der Waals surface area contributed by atoms with Crippen LogP contribution in [-0.2, 0) is 0 Å². The zero-order valence-electron chi connectivity index (χ0n) is 8.42. The Hall–Kier alpha value is -1.34. The topological polar surface area (TPSA) is 52.9 Å². The molecule has 4 heteroatoms. The van der Waals surface area contributed by atoms with Gasteiger partial charge in [-0.1, -0.05) is 0 Å². The Morgan fingerprint density at radius 2 is 2.29 bits per heavy atom. The number of carbonyl (C=O) groups excluding carboxylic acids is 1. The molecule has 1 atom stereocenters. The summed E-state index contributed by atoms with van der Waals surface area (Å²) in [6, 6.07) is 3.37. The molecule has 0 aromatic carbocycles. The van der Waals surface area contributed by atoms with Gasteiger partial charge in [-0.2, -0.15) is 5.26 Å². The Labute approximate surface area is 87.4 Å². The Morgan fingerprint density at radius 3 is 2.71 bits per heavy atom. The predicted octanol–water partition coefficient (Wildman–Crippen LogP) is 2.01. The Kier molecular flexibility index (Phi) is 3.26. The van der Waals surface area contributed by atoms with Gasteiger partial charge < -0.3 is 5.32 Å². The summed E-state index contributed by atoms with van der Waals surface area (Å²) in [7, 11) is 0. The number of nitrogens with one attached hydrogen (secondary N) is 1. The van der Waals surface area contributed by atoms with Crippen molar-refractivity contribution in [1.82, 2.24) is 5.32 Å². The van der Waals surface area contributed by atoms with Crippen molar-refractivity contribution >= 4 is 17.2 Å². The van der Waals surface area contributed by atoms with Gasteiger partial charge in [0, 0.05) is 4.88 Å². The summed E-state index contributed by atoms with van der Waals surface area (Å²) in [5, 5.41) is 11.1. The van der Waals surface area contributed by atoms with E-state index in [1.54, 1.807) is 6.92 Å². The molecule has 0 fully saturated rings. The first-order valence-corrected chi connectivity index (χ1v) is 5.13. The van der Waals surface area contributed by atoms with Crippen molar-refractivity contribution in [3.63, 3.8) is 0 Å². The minimum absolute atomic E-state index is 0.166. The lowest BCUT2D eigenvalue weighted by molar-refractivity contribution is 0.0952. The van der Waals surface area contributed by atoms with Crippen LogP contribution in [0.25, 0.3) is 0 Å². The minimum Gasteiger partial charge on any atom is -0.336 e. The highest BCUT2D eigenvalue weighted by Gasteiger charge is 2.12. The molecule has 0 bridgehead atoms. The maximum Gasteiger partial charge on any atom is 0.262 e. The van der Waals surface area contributed by atoms with Crippen molar-refractivity contribution in [3.05, 3.63) is 21.4 Å². The van der Waals surface area contributed by atoms with Crippen molar-refractivity contribution in [3.8, 4) is 6.07 Å². The first kappa shape index (κ1) is 10.7. The summed E-state index contributed by atoms with van der Waals surface area (Å²) in [6.45, 7) is 5.60. The van der Waals surface area contributed by atoms with Crippen molar-refractivity contribution in [1.29, 1.82) is 5.26 Å². The van der Waals surface area contributed by atoms with Crippen molar-refractivity contribution in [2.24, 2.45) is 0 Å². The fourth-order valence-electron chi connectivity index (χ4n) is 0.985. The van der Waals surface area contributed by atoms with Gasteiger partial charge in [-0.05, 0) is 32.4 Å². The van der Waals surface area contributed by atoms with Crippen LogP contribution in [0.4, 0.5) is 0 Å². The van der Waals surface area contributed by atoms with Crippen LogP contribution in [0.1, 0.15) is 27.0 Å². The molecule has 0 spiro atoms. The molecule has 0 saturated carbocycles. The van der Waals surface area contributed by atoms with Gasteiger partial charge in [0.05, 0.1) is 10.9 Å². The molecule has 0 saturated heterocycles. The van der Waals surface area contributed by atoms with Crippen molar-refractivity contribution in [2.75, 3.05) is 0 Å². The van der Waals surface area contributed by atoms with Crippen LogP contribution >= 0.6 is 11.3 Å². The second-order valence-corrected chi connectivity index (χ2v) is 4.43. The Balaban J connectivity index is 2.76. The first-order chi connectivity index (χ1) is 6.54. The summed E-state index contributed by atoms with van der Waals surface area (Å²) < 4.78 is 0. The molecule has 1 rings (SSSR count). The summed E-state index contributed by atoms with van der Waals surface area (Å²) in [4.78, 5) is 13.3. The molecule has 1 aromatic rings. The monoisotopic (exact) mass is 208 g/mol. The van der Waals surface area contributed by atoms with Gasteiger partial charge >= 0.3 is 0 Å². The molecule has 74 valence electrons. The quantitative estimate of drug-likeness (QED) is 0.808. The molecule has 0 aliphatic heterocycles. The molecule has 1 heterocycles. The van der Waals surface area contributed by atoms with Crippen LogP contribution in [0.2, 0.25) is 0 Å². The summed E-state index contributed by atoms with van der Waals surface area (Å²) in [5.74, 6) is -0.166. The van der Waals surface area contributed by atoms with E-state index in [-0.39, 0.29) is 5.91 Å². The SMILES string of the molecule is Cc1cc(C(=O)NC(C)C#N)sc1C. The van der Waals surface area contributed by atoms with Crippen molar-refractivity contribution < 1.29 is 4.79 Å². The lowest BCUT2D eigenvalue weighted by Crippen LogP contribution is -2.30. The fraction of sp³-hybridized carbons (Fsp3) is 0.400. The van der Waals surface area contributed by atoms with Crippen LogP contribution in [0.5, 0.6) is 0 Å². The second-order valence-electron chi connectivity index (χ2n) is 3.17. The molecule has 1 aromatic heterocycles. The zero-order valence-corrected chi connectivity index (χ0v) is 9.23. The highest BCUT2D eigenvalue weighted by atomic mass is 32.1. The van der Waals surface area contributed by atoms with E-state index >= 15 is 0 Å². The third kappa shape index (κ3) is 2.33. The fourth-order valence-corrected chi connectivity index (χ4v) is 1.92. The number of nitrogens with zero attached hydrogens (tertiary/aromatic N) is 1. The van der Waals surface area contributed by atoms with Crippen LogP contribution in [0.3, 0.4) is 0 Å².